The maximum absolute atomic E-state index is 12.1. The molecule has 0 unspecified atom stereocenters. The van der Waals surface area contributed by atoms with Gasteiger partial charge in [0.25, 0.3) is 0 Å². The van der Waals surface area contributed by atoms with Crippen LogP contribution in [0.4, 0.5) is 10.6 Å². The monoisotopic (exact) mass is 277 g/mol. The lowest BCUT2D eigenvalue weighted by Crippen LogP contribution is -2.39. The average molecular weight is 277 g/mol. The minimum Gasteiger partial charge on any atom is -0.444 e. The fourth-order valence-electron chi connectivity index (χ4n) is 2.20. The van der Waals surface area contributed by atoms with E-state index in [1.165, 1.54) is 0 Å². The van der Waals surface area contributed by atoms with Crippen LogP contribution in [0.15, 0.2) is 24.4 Å². The Labute approximate surface area is 120 Å². The molecule has 2 heterocycles. The second-order valence-electron chi connectivity index (χ2n) is 6.00. The van der Waals surface area contributed by atoms with Gasteiger partial charge < -0.3 is 14.5 Å². The van der Waals surface area contributed by atoms with E-state index in [1.54, 1.807) is 11.1 Å². The smallest absolute Gasteiger partial charge is 0.410 e. The molecule has 110 valence electrons. The van der Waals surface area contributed by atoms with Crippen molar-refractivity contribution in [1.82, 2.24) is 9.88 Å². The minimum atomic E-state index is -0.440. The van der Waals surface area contributed by atoms with E-state index in [2.05, 4.69) is 9.88 Å². The van der Waals surface area contributed by atoms with Gasteiger partial charge in [0.1, 0.15) is 11.4 Å². The van der Waals surface area contributed by atoms with Crippen LogP contribution in [0.2, 0.25) is 0 Å². The van der Waals surface area contributed by atoms with Crippen LogP contribution in [-0.4, -0.2) is 47.8 Å². The summed E-state index contributed by atoms with van der Waals surface area (Å²) in [6, 6.07) is 5.90. The quantitative estimate of drug-likeness (QED) is 0.791. The van der Waals surface area contributed by atoms with E-state index in [-0.39, 0.29) is 6.09 Å². The number of hydrogen-bond donors (Lipinski definition) is 0. The molecule has 1 aromatic rings. The Morgan fingerprint density at radius 2 is 2.00 bits per heavy atom. The van der Waals surface area contributed by atoms with Gasteiger partial charge in [-0.15, -0.1) is 0 Å². The van der Waals surface area contributed by atoms with Crippen LogP contribution < -0.4 is 4.90 Å². The van der Waals surface area contributed by atoms with Crippen molar-refractivity contribution in [2.45, 2.75) is 32.8 Å². The normalized spacial score (nSPS) is 16.8. The van der Waals surface area contributed by atoms with E-state index in [0.29, 0.717) is 6.54 Å². The highest BCUT2D eigenvalue weighted by atomic mass is 16.6. The van der Waals surface area contributed by atoms with Gasteiger partial charge in [0.2, 0.25) is 0 Å². The summed E-state index contributed by atoms with van der Waals surface area (Å²) in [5.41, 5.74) is -0.440. The first kappa shape index (κ1) is 14.6. The molecule has 1 aromatic heterocycles. The molecule has 2 rings (SSSR count). The van der Waals surface area contributed by atoms with E-state index in [4.69, 9.17) is 4.74 Å². The summed E-state index contributed by atoms with van der Waals surface area (Å²) < 4.78 is 5.43. The van der Waals surface area contributed by atoms with Gasteiger partial charge in [-0.25, -0.2) is 9.78 Å². The van der Waals surface area contributed by atoms with Crippen molar-refractivity contribution in [3.8, 4) is 0 Å². The second kappa shape index (κ2) is 6.11. The Balaban J connectivity index is 1.94. The summed E-state index contributed by atoms with van der Waals surface area (Å²) in [5.74, 6) is 0.971. The first-order valence-corrected chi connectivity index (χ1v) is 7.09. The highest BCUT2D eigenvalue weighted by Crippen LogP contribution is 2.15. The van der Waals surface area contributed by atoms with Gasteiger partial charge in [-0.3, -0.25) is 0 Å². The molecule has 1 saturated heterocycles. The zero-order valence-electron chi connectivity index (χ0n) is 12.5. The molecular weight excluding hydrogens is 254 g/mol. The number of hydrogen-bond acceptors (Lipinski definition) is 4. The zero-order chi connectivity index (χ0) is 14.6. The first-order chi connectivity index (χ1) is 9.46. The van der Waals surface area contributed by atoms with Gasteiger partial charge in [0.05, 0.1) is 0 Å². The Morgan fingerprint density at radius 1 is 1.20 bits per heavy atom. The van der Waals surface area contributed by atoms with Crippen LogP contribution in [0, 0.1) is 0 Å². The minimum absolute atomic E-state index is 0.222. The van der Waals surface area contributed by atoms with Crippen molar-refractivity contribution in [1.29, 1.82) is 0 Å². The van der Waals surface area contributed by atoms with Crippen LogP contribution in [0.3, 0.4) is 0 Å². The number of pyridine rings is 1. The number of rotatable bonds is 1. The molecule has 0 aliphatic carbocycles. The molecule has 0 radical (unpaired) electrons. The molecule has 0 spiro atoms. The van der Waals surface area contributed by atoms with Gasteiger partial charge in [-0.1, -0.05) is 6.07 Å². The number of ether oxygens (including phenoxy) is 1. The maximum atomic E-state index is 12.1. The van der Waals surface area contributed by atoms with Crippen LogP contribution in [0.5, 0.6) is 0 Å². The largest absolute Gasteiger partial charge is 0.444 e. The van der Waals surface area contributed by atoms with E-state index < -0.39 is 5.60 Å². The molecule has 20 heavy (non-hydrogen) atoms. The SMILES string of the molecule is CC(C)(C)OC(=O)N1CCCN(c2ccccn2)CC1. The highest BCUT2D eigenvalue weighted by Gasteiger charge is 2.24. The molecule has 1 aliphatic heterocycles. The van der Waals surface area contributed by atoms with Crippen molar-refractivity contribution in [3.05, 3.63) is 24.4 Å². The third-order valence-electron chi connectivity index (χ3n) is 3.12. The Bertz CT molecular complexity index is 442. The Morgan fingerprint density at radius 3 is 2.65 bits per heavy atom. The van der Waals surface area contributed by atoms with Crippen LogP contribution in [-0.2, 0) is 4.74 Å². The van der Waals surface area contributed by atoms with Gasteiger partial charge in [0, 0.05) is 32.4 Å². The average Bonchev–Trinajstić information content (AvgIpc) is 2.63. The van der Waals surface area contributed by atoms with Crippen LogP contribution in [0.1, 0.15) is 27.2 Å². The summed E-state index contributed by atoms with van der Waals surface area (Å²) in [5, 5.41) is 0. The van der Waals surface area contributed by atoms with E-state index in [1.807, 2.05) is 39.0 Å². The summed E-state index contributed by atoms with van der Waals surface area (Å²) in [4.78, 5) is 20.4. The van der Waals surface area contributed by atoms with E-state index in [9.17, 15) is 4.79 Å². The first-order valence-electron chi connectivity index (χ1n) is 7.09. The van der Waals surface area contributed by atoms with Gasteiger partial charge in [0.15, 0.2) is 0 Å². The highest BCUT2D eigenvalue weighted by molar-refractivity contribution is 5.68. The fraction of sp³-hybridized carbons (Fsp3) is 0.600. The van der Waals surface area contributed by atoms with Crippen molar-refractivity contribution >= 4 is 11.9 Å². The molecule has 0 saturated carbocycles. The third-order valence-corrected chi connectivity index (χ3v) is 3.12. The molecule has 0 N–H and O–H groups in total. The third kappa shape index (κ3) is 4.11. The number of carbonyl (C=O) groups is 1. The number of aromatic nitrogens is 1. The lowest BCUT2D eigenvalue weighted by atomic mass is 10.2. The molecule has 5 heteroatoms. The topological polar surface area (TPSA) is 45.7 Å². The predicted molar refractivity (Wildman–Crippen MR) is 78.9 cm³/mol. The molecular formula is C15H23N3O2. The molecule has 1 aliphatic rings. The second-order valence-corrected chi connectivity index (χ2v) is 6.00. The van der Waals surface area contributed by atoms with E-state index >= 15 is 0 Å². The van der Waals surface area contributed by atoms with Gasteiger partial charge in [-0.05, 0) is 39.3 Å². The van der Waals surface area contributed by atoms with Crippen molar-refractivity contribution in [2.24, 2.45) is 0 Å². The molecule has 5 nitrogen and oxygen atoms in total. The Kier molecular flexibility index (Phi) is 4.47. The summed E-state index contributed by atoms with van der Waals surface area (Å²) in [6.45, 7) is 8.78. The molecule has 0 bridgehead atoms. The van der Waals surface area contributed by atoms with Crippen molar-refractivity contribution < 1.29 is 9.53 Å². The maximum Gasteiger partial charge on any atom is 0.410 e. The molecule has 1 amide bonds. The molecule has 0 aromatic carbocycles. The number of amides is 1. The number of nitrogens with zero attached hydrogens (tertiary/aromatic N) is 3. The Hall–Kier alpha value is -1.78. The zero-order valence-corrected chi connectivity index (χ0v) is 12.5. The lowest BCUT2D eigenvalue weighted by Gasteiger charge is -2.26. The van der Waals surface area contributed by atoms with Gasteiger partial charge >= 0.3 is 6.09 Å². The fourth-order valence-corrected chi connectivity index (χ4v) is 2.20. The molecule has 1 fully saturated rings. The van der Waals surface area contributed by atoms with Crippen molar-refractivity contribution in [2.75, 3.05) is 31.1 Å². The van der Waals surface area contributed by atoms with Gasteiger partial charge in [-0.2, -0.15) is 0 Å². The van der Waals surface area contributed by atoms with Crippen LogP contribution >= 0.6 is 0 Å². The summed E-state index contributed by atoms with van der Waals surface area (Å²) in [6.07, 6.45) is 2.50. The van der Waals surface area contributed by atoms with Crippen molar-refractivity contribution in [3.63, 3.8) is 0 Å². The number of carbonyl (C=O) groups excluding carboxylic acids is 1. The van der Waals surface area contributed by atoms with Crippen LogP contribution in [0.25, 0.3) is 0 Å². The molecule has 0 atom stereocenters. The summed E-state index contributed by atoms with van der Waals surface area (Å²) >= 11 is 0. The predicted octanol–water partition coefficient (Wildman–Crippen LogP) is 2.53. The standard InChI is InChI=1S/C15H23N3O2/c1-15(2,3)20-14(19)18-10-6-9-17(11-12-18)13-7-4-5-8-16-13/h4-5,7-8H,6,9-12H2,1-3H3. The summed E-state index contributed by atoms with van der Waals surface area (Å²) in [7, 11) is 0. The van der Waals surface area contributed by atoms with E-state index in [0.717, 1.165) is 31.9 Å². The number of anilines is 1. The lowest BCUT2D eigenvalue weighted by molar-refractivity contribution is 0.0263.